The molecule has 2 rings (SSSR count). The van der Waals surface area contributed by atoms with Gasteiger partial charge in [-0.05, 0) is 0 Å². The van der Waals surface area contributed by atoms with Gasteiger partial charge in [0.2, 0.25) is 6.10 Å². The molecule has 0 radical (unpaired) electrons. The molecule has 0 unspecified atom stereocenters. The van der Waals surface area contributed by atoms with E-state index in [0.29, 0.717) is 17.9 Å². The Morgan fingerprint density at radius 3 is 2.58 bits per heavy atom. The van der Waals surface area contributed by atoms with Crippen LogP contribution in [0.5, 0.6) is 0 Å². The Bertz CT molecular complexity index is 637. The molecule has 0 aliphatic carbocycles. The van der Waals surface area contributed by atoms with Crippen LogP contribution in [0.15, 0.2) is 30.3 Å². The molecule has 0 spiro atoms. The van der Waals surface area contributed by atoms with Crippen LogP contribution in [0.4, 0.5) is 9.59 Å². The van der Waals surface area contributed by atoms with Gasteiger partial charge >= 0.3 is 12.0 Å². The number of thioether (sulfide) groups is 1. The third-order valence-corrected chi connectivity index (χ3v) is 4.11. The third kappa shape index (κ3) is 4.72. The average Bonchev–Trinajstić information content (AvgIpc) is 2.98. The highest BCUT2D eigenvalue weighted by Gasteiger charge is 2.29. The summed E-state index contributed by atoms with van der Waals surface area (Å²) in [6.45, 7) is 0.224. The minimum Gasteiger partial charge on any atom is -0.446 e. The fourth-order valence-corrected chi connectivity index (χ4v) is 2.86. The molecule has 1 aliphatic heterocycles. The molecular formula is C15H17N3O5S. The Balaban J connectivity index is 2.07. The van der Waals surface area contributed by atoms with Crippen molar-refractivity contribution in [1.29, 1.82) is 0 Å². The summed E-state index contributed by atoms with van der Waals surface area (Å²) in [6.07, 6.45) is -1.28. The molecule has 1 atom stereocenters. The standard InChI is InChI=1S/C15H17N3O5S/c1-16-14(21)17-13(20)12(10-5-3-2-4-6-10)23-11(19)9-18-7-8-24-15(18)22/h2-6,12H,7-9H2,1H3,(H2,16,17,20,21)/t12-/m0/s1. The van der Waals surface area contributed by atoms with Crippen LogP contribution >= 0.6 is 11.8 Å². The molecule has 9 heteroatoms. The first-order chi connectivity index (χ1) is 11.5. The second kappa shape index (κ2) is 8.34. The first-order valence-electron chi connectivity index (χ1n) is 7.20. The van der Waals surface area contributed by atoms with E-state index in [1.807, 2.05) is 0 Å². The van der Waals surface area contributed by atoms with Crippen LogP contribution in [-0.4, -0.2) is 53.9 Å². The van der Waals surface area contributed by atoms with Gasteiger partial charge in [0.25, 0.3) is 11.1 Å². The second-order valence-electron chi connectivity index (χ2n) is 4.88. The van der Waals surface area contributed by atoms with Crippen LogP contribution in [0.3, 0.4) is 0 Å². The lowest BCUT2D eigenvalue weighted by Crippen LogP contribution is -2.42. The largest absolute Gasteiger partial charge is 0.446 e. The third-order valence-electron chi connectivity index (χ3n) is 3.22. The fraction of sp³-hybridized carbons (Fsp3) is 0.333. The first kappa shape index (κ1) is 17.8. The van der Waals surface area contributed by atoms with Crippen molar-refractivity contribution in [3.63, 3.8) is 0 Å². The molecule has 0 saturated carbocycles. The summed E-state index contributed by atoms with van der Waals surface area (Å²) in [6, 6.07) is 7.63. The zero-order valence-electron chi connectivity index (χ0n) is 13.0. The Labute approximate surface area is 142 Å². The van der Waals surface area contributed by atoms with E-state index in [9.17, 15) is 19.2 Å². The van der Waals surface area contributed by atoms with Gasteiger partial charge < -0.3 is 15.0 Å². The SMILES string of the molecule is CNC(=O)NC(=O)[C@@H](OC(=O)CN1CCSC1=O)c1ccccc1. The highest BCUT2D eigenvalue weighted by Crippen LogP contribution is 2.20. The topological polar surface area (TPSA) is 105 Å². The van der Waals surface area contributed by atoms with Gasteiger partial charge in [0.05, 0.1) is 0 Å². The van der Waals surface area contributed by atoms with Gasteiger partial charge in [-0.15, -0.1) is 0 Å². The number of urea groups is 1. The highest BCUT2D eigenvalue weighted by molar-refractivity contribution is 8.13. The van der Waals surface area contributed by atoms with E-state index in [4.69, 9.17) is 4.74 Å². The van der Waals surface area contributed by atoms with Crippen LogP contribution in [0.2, 0.25) is 0 Å². The molecule has 24 heavy (non-hydrogen) atoms. The van der Waals surface area contributed by atoms with Crippen molar-refractivity contribution < 1.29 is 23.9 Å². The number of ether oxygens (including phenoxy) is 1. The van der Waals surface area contributed by atoms with Crippen LogP contribution in [0.1, 0.15) is 11.7 Å². The summed E-state index contributed by atoms with van der Waals surface area (Å²) >= 11 is 1.13. The molecule has 1 heterocycles. The predicted octanol–water partition coefficient (Wildman–Crippen LogP) is 0.895. The number of benzene rings is 1. The maximum absolute atomic E-state index is 12.2. The molecule has 8 nitrogen and oxygen atoms in total. The van der Waals surface area contributed by atoms with Gasteiger partial charge in [0.1, 0.15) is 6.54 Å². The second-order valence-corrected chi connectivity index (χ2v) is 5.93. The number of imide groups is 1. The summed E-state index contributed by atoms with van der Waals surface area (Å²) in [5, 5.41) is 4.14. The van der Waals surface area contributed by atoms with E-state index in [2.05, 4.69) is 10.6 Å². The number of amides is 4. The van der Waals surface area contributed by atoms with Crippen LogP contribution < -0.4 is 10.6 Å². The van der Waals surface area contributed by atoms with Gasteiger partial charge in [-0.25, -0.2) is 4.79 Å². The lowest BCUT2D eigenvalue weighted by atomic mass is 10.1. The Morgan fingerprint density at radius 1 is 1.29 bits per heavy atom. The maximum Gasteiger partial charge on any atom is 0.326 e. The number of carbonyl (C=O) groups excluding carboxylic acids is 4. The molecule has 0 aromatic heterocycles. The summed E-state index contributed by atoms with van der Waals surface area (Å²) in [7, 11) is 1.36. The molecule has 4 amide bonds. The Hall–Kier alpha value is -2.55. The van der Waals surface area contributed by atoms with Crippen molar-refractivity contribution in [3.05, 3.63) is 35.9 Å². The summed E-state index contributed by atoms with van der Waals surface area (Å²) < 4.78 is 5.22. The molecule has 1 aromatic rings. The minimum absolute atomic E-state index is 0.196. The normalized spacial score (nSPS) is 14.9. The van der Waals surface area contributed by atoms with Gasteiger partial charge in [-0.1, -0.05) is 42.1 Å². The number of carbonyl (C=O) groups is 4. The monoisotopic (exact) mass is 351 g/mol. The lowest BCUT2D eigenvalue weighted by molar-refractivity contribution is -0.156. The first-order valence-corrected chi connectivity index (χ1v) is 8.18. The number of hydrogen-bond acceptors (Lipinski definition) is 6. The van der Waals surface area contributed by atoms with E-state index >= 15 is 0 Å². The Morgan fingerprint density at radius 2 is 2.00 bits per heavy atom. The van der Waals surface area contributed by atoms with E-state index in [1.54, 1.807) is 30.3 Å². The average molecular weight is 351 g/mol. The smallest absolute Gasteiger partial charge is 0.326 e. The van der Waals surface area contributed by atoms with E-state index in [1.165, 1.54) is 11.9 Å². The summed E-state index contributed by atoms with van der Waals surface area (Å²) in [5.74, 6) is -0.867. The van der Waals surface area contributed by atoms with Gasteiger partial charge in [0.15, 0.2) is 0 Å². The van der Waals surface area contributed by atoms with Gasteiger partial charge in [-0.2, -0.15) is 0 Å². The van der Waals surface area contributed by atoms with Crippen molar-refractivity contribution in [2.75, 3.05) is 25.9 Å². The zero-order chi connectivity index (χ0) is 17.5. The van der Waals surface area contributed by atoms with E-state index in [-0.39, 0.29) is 11.8 Å². The quantitative estimate of drug-likeness (QED) is 0.764. The Kier molecular flexibility index (Phi) is 6.19. The maximum atomic E-state index is 12.2. The highest BCUT2D eigenvalue weighted by atomic mass is 32.2. The zero-order valence-corrected chi connectivity index (χ0v) is 13.8. The fourth-order valence-electron chi connectivity index (χ4n) is 2.03. The number of esters is 1. The predicted molar refractivity (Wildman–Crippen MR) is 87.3 cm³/mol. The molecule has 1 fully saturated rings. The van der Waals surface area contributed by atoms with E-state index < -0.39 is 24.0 Å². The van der Waals surface area contributed by atoms with Crippen molar-refractivity contribution in [1.82, 2.24) is 15.5 Å². The molecule has 1 saturated heterocycles. The number of nitrogens with one attached hydrogen (secondary N) is 2. The number of hydrogen-bond donors (Lipinski definition) is 2. The molecule has 128 valence electrons. The van der Waals surface area contributed by atoms with E-state index in [0.717, 1.165) is 11.8 Å². The lowest BCUT2D eigenvalue weighted by Gasteiger charge is -2.19. The number of rotatable bonds is 5. The molecule has 0 bridgehead atoms. The summed E-state index contributed by atoms with van der Waals surface area (Å²) in [4.78, 5) is 48.5. The summed E-state index contributed by atoms with van der Waals surface area (Å²) in [5.41, 5.74) is 0.425. The molecule has 1 aromatic carbocycles. The molecular weight excluding hydrogens is 334 g/mol. The van der Waals surface area contributed by atoms with Crippen molar-refractivity contribution in [2.45, 2.75) is 6.10 Å². The van der Waals surface area contributed by atoms with Crippen LogP contribution in [0.25, 0.3) is 0 Å². The van der Waals surface area contributed by atoms with Crippen molar-refractivity contribution in [3.8, 4) is 0 Å². The van der Waals surface area contributed by atoms with Gasteiger partial charge in [-0.3, -0.25) is 19.7 Å². The number of nitrogens with zero attached hydrogens (tertiary/aromatic N) is 1. The minimum atomic E-state index is -1.28. The van der Waals surface area contributed by atoms with Crippen molar-refractivity contribution >= 4 is 34.9 Å². The van der Waals surface area contributed by atoms with Crippen LogP contribution in [0, 0.1) is 0 Å². The van der Waals surface area contributed by atoms with Crippen molar-refractivity contribution in [2.24, 2.45) is 0 Å². The molecule has 1 aliphatic rings. The van der Waals surface area contributed by atoms with Gasteiger partial charge in [0, 0.05) is 24.9 Å². The molecule has 2 N–H and O–H groups in total. The van der Waals surface area contributed by atoms with Crippen LogP contribution in [-0.2, 0) is 14.3 Å².